The van der Waals surface area contributed by atoms with Crippen LogP contribution >= 0.6 is 15.9 Å². The van der Waals surface area contributed by atoms with Crippen molar-refractivity contribution in [1.29, 1.82) is 0 Å². The van der Waals surface area contributed by atoms with Gasteiger partial charge in [-0.25, -0.2) is 8.42 Å². The highest BCUT2D eigenvalue weighted by molar-refractivity contribution is 9.10. The molecule has 0 radical (unpaired) electrons. The number of nitrogens with one attached hydrogen (secondary N) is 1. The van der Waals surface area contributed by atoms with Crippen LogP contribution in [0.15, 0.2) is 53.0 Å². The molecular weight excluding hydrogens is 530 g/mol. The van der Waals surface area contributed by atoms with Crippen LogP contribution in [-0.4, -0.2) is 50.5 Å². The molecule has 1 atom stereocenters. The Morgan fingerprint density at radius 1 is 1.00 bits per heavy atom. The summed E-state index contributed by atoms with van der Waals surface area (Å²) in [6.45, 7) is 6.75. The van der Waals surface area contributed by atoms with E-state index in [1.165, 1.54) is 10.6 Å². The molecule has 2 aromatic rings. The minimum Gasteiger partial charge on any atom is -0.354 e. The highest BCUT2D eigenvalue weighted by Crippen LogP contribution is 2.20. The molecule has 0 spiro atoms. The average molecular weight is 567 g/mol. The van der Waals surface area contributed by atoms with E-state index in [-0.39, 0.29) is 24.8 Å². The molecular formula is C26H36BrN3O4S. The van der Waals surface area contributed by atoms with Crippen LogP contribution in [0, 0.1) is 0 Å². The summed E-state index contributed by atoms with van der Waals surface area (Å²) in [5.41, 5.74) is 2.61. The Labute approximate surface area is 218 Å². The fourth-order valence-electron chi connectivity index (χ4n) is 3.67. The quantitative estimate of drug-likeness (QED) is 0.387. The third kappa shape index (κ3) is 8.96. The molecule has 0 unspecified atom stereocenters. The lowest BCUT2D eigenvalue weighted by molar-refractivity contribution is -0.140. The summed E-state index contributed by atoms with van der Waals surface area (Å²) < 4.78 is 27.1. The number of carbonyl (C=O) groups excluding carboxylic acids is 2. The van der Waals surface area contributed by atoms with Gasteiger partial charge in [0.2, 0.25) is 21.8 Å². The Hall–Kier alpha value is -2.39. The number of carbonyl (C=O) groups is 2. The Kier molecular flexibility index (Phi) is 11.2. The Balaban J connectivity index is 2.14. The predicted octanol–water partition coefficient (Wildman–Crippen LogP) is 4.50. The topological polar surface area (TPSA) is 86.8 Å². The minimum atomic E-state index is -3.51. The number of sulfonamides is 1. The van der Waals surface area contributed by atoms with Crippen LogP contribution in [0.1, 0.15) is 51.2 Å². The minimum absolute atomic E-state index is 0.126. The van der Waals surface area contributed by atoms with E-state index in [1.807, 2.05) is 50.2 Å². The van der Waals surface area contributed by atoms with Gasteiger partial charge in [0.25, 0.3) is 0 Å². The summed E-state index contributed by atoms with van der Waals surface area (Å²) in [5.74, 6) is -0.395. The molecule has 1 N–H and O–H groups in total. The van der Waals surface area contributed by atoms with Crippen LogP contribution in [0.2, 0.25) is 0 Å². The van der Waals surface area contributed by atoms with Crippen LogP contribution < -0.4 is 9.62 Å². The fraction of sp³-hybridized carbons (Fsp3) is 0.462. The van der Waals surface area contributed by atoms with Crippen LogP contribution in [0.3, 0.4) is 0 Å². The van der Waals surface area contributed by atoms with Crippen molar-refractivity contribution in [2.45, 2.75) is 59.0 Å². The SMILES string of the molecule is CCCNC(=O)[C@@H](C)N(Cc1ccc(Br)cc1)C(=O)CCCN(c1ccc(CC)cc1)S(C)(=O)=O. The number of hydrogen-bond acceptors (Lipinski definition) is 4. The van der Waals surface area contributed by atoms with Crippen molar-refractivity contribution in [1.82, 2.24) is 10.2 Å². The summed E-state index contributed by atoms with van der Waals surface area (Å²) in [6.07, 6.45) is 3.30. The number of aryl methyl sites for hydroxylation is 1. The van der Waals surface area contributed by atoms with Gasteiger partial charge in [-0.05, 0) is 61.6 Å². The molecule has 0 bridgehead atoms. The first-order valence-corrected chi connectivity index (χ1v) is 14.6. The Morgan fingerprint density at radius 2 is 1.60 bits per heavy atom. The Bertz CT molecular complexity index is 1070. The largest absolute Gasteiger partial charge is 0.354 e. The molecule has 0 aliphatic rings. The van der Waals surface area contributed by atoms with E-state index in [1.54, 1.807) is 24.0 Å². The van der Waals surface area contributed by atoms with E-state index in [9.17, 15) is 18.0 Å². The molecule has 2 aromatic carbocycles. The van der Waals surface area contributed by atoms with Gasteiger partial charge < -0.3 is 10.2 Å². The third-order valence-corrected chi connectivity index (χ3v) is 7.49. The van der Waals surface area contributed by atoms with Crippen LogP contribution in [-0.2, 0) is 32.6 Å². The van der Waals surface area contributed by atoms with Crippen LogP contribution in [0.25, 0.3) is 0 Å². The molecule has 0 saturated carbocycles. The number of hydrogen-bond donors (Lipinski definition) is 1. The number of benzene rings is 2. The number of rotatable bonds is 13. The predicted molar refractivity (Wildman–Crippen MR) is 145 cm³/mol. The van der Waals surface area contributed by atoms with Crippen molar-refractivity contribution in [3.05, 3.63) is 64.1 Å². The average Bonchev–Trinajstić information content (AvgIpc) is 2.83. The van der Waals surface area contributed by atoms with Gasteiger partial charge in [-0.3, -0.25) is 13.9 Å². The zero-order chi connectivity index (χ0) is 26.0. The molecule has 0 fully saturated rings. The van der Waals surface area contributed by atoms with Gasteiger partial charge >= 0.3 is 0 Å². The van der Waals surface area contributed by atoms with Gasteiger partial charge in [-0.1, -0.05) is 54.0 Å². The lowest BCUT2D eigenvalue weighted by Gasteiger charge is -2.29. The first-order valence-electron chi connectivity index (χ1n) is 11.9. The van der Waals surface area contributed by atoms with Gasteiger partial charge in [0.15, 0.2) is 0 Å². The second-order valence-corrected chi connectivity index (χ2v) is 11.4. The van der Waals surface area contributed by atoms with Crippen molar-refractivity contribution in [2.75, 3.05) is 23.7 Å². The van der Waals surface area contributed by atoms with Crippen molar-refractivity contribution in [3.63, 3.8) is 0 Å². The number of anilines is 1. The molecule has 0 saturated heterocycles. The summed E-state index contributed by atoms with van der Waals surface area (Å²) in [4.78, 5) is 27.5. The van der Waals surface area contributed by atoms with Gasteiger partial charge in [-0.15, -0.1) is 0 Å². The van der Waals surface area contributed by atoms with E-state index in [0.717, 1.165) is 28.4 Å². The summed E-state index contributed by atoms with van der Waals surface area (Å²) >= 11 is 3.41. The summed E-state index contributed by atoms with van der Waals surface area (Å²) in [5, 5.41) is 2.86. The maximum atomic E-state index is 13.3. The zero-order valence-electron chi connectivity index (χ0n) is 21.0. The highest BCUT2D eigenvalue weighted by atomic mass is 79.9. The highest BCUT2D eigenvalue weighted by Gasteiger charge is 2.26. The molecule has 0 heterocycles. The maximum Gasteiger partial charge on any atom is 0.242 e. The molecule has 9 heteroatoms. The second-order valence-electron chi connectivity index (χ2n) is 8.57. The van der Waals surface area contributed by atoms with Crippen molar-refractivity contribution in [3.8, 4) is 0 Å². The standard InChI is InChI=1S/C26H36BrN3O4S/c1-5-17-28-26(32)20(3)29(19-22-9-13-23(27)14-10-22)25(31)8-7-18-30(35(4,33)34)24-15-11-21(6-2)12-16-24/h9-16,20H,5-8,17-19H2,1-4H3,(H,28,32)/t20-/m1/s1. The number of amides is 2. The zero-order valence-corrected chi connectivity index (χ0v) is 23.4. The lowest BCUT2D eigenvalue weighted by Crippen LogP contribution is -2.47. The molecule has 0 aliphatic heterocycles. The van der Waals surface area contributed by atoms with E-state index >= 15 is 0 Å². The first kappa shape index (κ1) is 28.8. The molecule has 2 rings (SSSR count). The molecule has 2 amide bonds. The monoisotopic (exact) mass is 565 g/mol. The summed E-state index contributed by atoms with van der Waals surface area (Å²) in [6, 6.07) is 14.4. The second kappa shape index (κ2) is 13.6. The molecule has 192 valence electrons. The van der Waals surface area contributed by atoms with Crippen molar-refractivity contribution < 1.29 is 18.0 Å². The van der Waals surface area contributed by atoms with Gasteiger partial charge in [0.05, 0.1) is 11.9 Å². The first-order chi connectivity index (χ1) is 16.6. The van der Waals surface area contributed by atoms with E-state index < -0.39 is 16.1 Å². The maximum absolute atomic E-state index is 13.3. The fourth-order valence-corrected chi connectivity index (χ4v) is 4.90. The number of halogens is 1. The number of nitrogens with zero attached hydrogens (tertiary/aromatic N) is 2. The van der Waals surface area contributed by atoms with Crippen molar-refractivity contribution >= 4 is 43.5 Å². The van der Waals surface area contributed by atoms with E-state index in [0.29, 0.717) is 25.2 Å². The molecule has 0 aromatic heterocycles. The summed E-state index contributed by atoms with van der Waals surface area (Å²) in [7, 11) is -3.51. The lowest BCUT2D eigenvalue weighted by atomic mass is 10.1. The van der Waals surface area contributed by atoms with E-state index in [2.05, 4.69) is 21.2 Å². The van der Waals surface area contributed by atoms with Crippen LogP contribution in [0.4, 0.5) is 5.69 Å². The van der Waals surface area contributed by atoms with Gasteiger partial charge in [0.1, 0.15) is 6.04 Å². The van der Waals surface area contributed by atoms with Crippen LogP contribution in [0.5, 0.6) is 0 Å². The normalized spacial score (nSPS) is 12.1. The van der Waals surface area contributed by atoms with E-state index in [4.69, 9.17) is 0 Å². The third-order valence-electron chi connectivity index (χ3n) is 5.77. The smallest absolute Gasteiger partial charge is 0.242 e. The molecule has 0 aliphatic carbocycles. The van der Waals surface area contributed by atoms with Gasteiger partial charge in [0, 0.05) is 30.5 Å². The Morgan fingerprint density at radius 3 is 2.14 bits per heavy atom. The van der Waals surface area contributed by atoms with Gasteiger partial charge in [-0.2, -0.15) is 0 Å². The van der Waals surface area contributed by atoms with Crippen molar-refractivity contribution in [2.24, 2.45) is 0 Å². The molecule has 35 heavy (non-hydrogen) atoms. The molecule has 7 nitrogen and oxygen atoms in total.